The van der Waals surface area contributed by atoms with Crippen LogP contribution in [0.15, 0.2) is 18.2 Å². The van der Waals surface area contributed by atoms with Crippen molar-refractivity contribution < 1.29 is 9.50 Å². The van der Waals surface area contributed by atoms with Crippen LogP contribution in [0.5, 0.6) is 0 Å². The maximum absolute atomic E-state index is 14.2. The zero-order valence-corrected chi connectivity index (χ0v) is 12.1. The van der Waals surface area contributed by atoms with Crippen molar-refractivity contribution in [1.29, 1.82) is 0 Å². The Morgan fingerprint density at radius 1 is 1.37 bits per heavy atom. The molecule has 2 N–H and O–H groups in total. The number of rotatable bonds is 8. The summed E-state index contributed by atoms with van der Waals surface area (Å²) in [6.45, 7) is 8.46. The first-order chi connectivity index (χ1) is 9.15. The van der Waals surface area contributed by atoms with Gasteiger partial charge in [0.05, 0.1) is 5.69 Å². The van der Waals surface area contributed by atoms with Gasteiger partial charge in [-0.1, -0.05) is 19.1 Å². The van der Waals surface area contributed by atoms with Gasteiger partial charge in [0, 0.05) is 25.7 Å². The fourth-order valence-electron chi connectivity index (χ4n) is 2.32. The molecule has 1 rings (SSSR count). The summed E-state index contributed by atoms with van der Waals surface area (Å²) in [5, 5.41) is 12.3. The van der Waals surface area contributed by atoms with Gasteiger partial charge < -0.3 is 15.3 Å². The average molecular weight is 268 g/mol. The number of hydrogen-bond acceptors (Lipinski definition) is 3. The minimum absolute atomic E-state index is 0.110. The van der Waals surface area contributed by atoms with Crippen LogP contribution in [0.1, 0.15) is 38.8 Å². The topological polar surface area (TPSA) is 35.5 Å². The van der Waals surface area contributed by atoms with E-state index in [0.717, 1.165) is 18.7 Å². The van der Waals surface area contributed by atoms with Gasteiger partial charge in [0.1, 0.15) is 5.82 Å². The Hall–Kier alpha value is -1.13. The summed E-state index contributed by atoms with van der Waals surface area (Å²) >= 11 is 0. The van der Waals surface area contributed by atoms with Crippen LogP contribution in [0.4, 0.5) is 10.1 Å². The molecule has 0 aliphatic rings. The lowest BCUT2D eigenvalue weighted by Gasteiger charge is -2.28. The Balaban J connectivity index is 3.07. The molecule has 0 fully saturated rings. The number of nitrogens with one attached hydrogen (secondary N) is 1. The van der Waals surface area contributed by atoms with E-state index in [2.05, 4.69) is 5.32 Å². The molecule has 0 saturated carbocycles. The summed E-state index contributed by atoms with van der Waals surface area (Å²) in [5.74, 6) is -0.193. The van der Waals surface area contributed by atoms with Crippen LogP contribution < -0.4 is 10.2 Å². The van der Waals surface area contributed by atoms with E-state index in [4.69, 9.17) is 5.11 Å². The fraction of sp³-hybridized carbons (Fsp3) is 0.600. The van der Waals surface area contributed by atoms with Crippen molar-refractivity contribution >= 4 is 5.69 Å². The van der Waals surface area contributed by atoms with Gasteiger partial charge in [0.15, 0.2) is 0 Å². The quantitative estimate of drug-likeness (QED) is 0.761. The minimum Gasteiger partial charge on any atom is -0.396 e. The van der Waals surface area contributed by atoms with Gasteiger partial charge in [-0.2, -0.15) is 0 Å². The third-order valence-corrected chi connectivity index (χ3v) is 3.28. The normalized spacial score (nSPS) is 12.5. The molecular formula is C15H25FN2O. The van der Waals surface area contributed by atoms with E-state index < -0.39 is 0 Å². The van der Waals surface area contributed by atoms with Gasteiger partial charge in [-0.25, -0.2) is 4.39 Å². The molecule has 19 heavy (non-hydrogen) atoms. The van der Waals surface area contributed by atoms with Crippen LogP contribution >= 0.6 is 0 Å². The van der Waals surface area contributed by atoms with E-state index >= 15 is 0 Å². The number of hydrogen-bond donors (Lipinski definition) is 2. The maximum atomic E-state index is 14.2. The molecule has 1 aromatic carbocycles. The number of benzene rings is 1. The van der Waals surface area contributed by atoms with Crippen LogP contribution in [0.3, 0.4) is 0 Å². The Bertz CT molecular complexity index is 384. The first-order valence-corrected chi connectivity index (χ1v) is 7.03. The molecule has 0 spiro atoms. The molecule has 0 heterocycles. The van der Waals surface area contributed by atoms with Gasteiger partial charge in [-0.05, 0) is 38.4 Å². The molecule has 3 nitrogen and oxygen atoms in total. The average Bonchev–Trinajstić information content (AvgIpc) is 2.41. The van der Waals surface area contributed by atoms with Crippen molar-refractivity contribution in [2.75, 3.05) is 31.1 Å². The van der Waals surface area contributed by atoms with Crippen molar-refractivity contribution in [3.63, 3.8) is 0 Å². The molecule has 0 saturated heterocycles. The molecule has 0 amide bonds. The summed E-state index contributed by atoms with van der Waals surface area (Å²) in [5.41, 5.74) is 1.63. The lowest BCUT2D eigenvalue weighted by molar-refractivity contribution is 0.289. The summed E-state index contributed by atoms with van der Waals surface area (Å²) in [6.07, 6.45) is 0.650. The van der Waals surface area contributed by atoms with Crippen molar-refractivity contribution in [3.8, 4) is 0 Å². The highest BCUT2D eigenvalue weighted by Gasteiger charge is 2.18. The second kappa shape index (κ2) is 8.12. The first kappa shape index (κ1) is 15.9. The minimum atomic E-state index is -0.193. The van der Waals surface area contributed by atoms with Crippen LogP contribution in [-0.4, -0.2) is 31.3 Å². The number of nitrogens with zero attached hydrogens (tertiary/aromatic N) is 1. The predicted octanol–water partition coefficient (Wildman–Crippen LogP) is 2.70. The molecule has 1 unspecified atom stereocenters. The molecule has 0 aliphatic carbocycles. The van der Waals surface area contributed by atoms with Crippen LogP contribution in [0.25, 0.3) is 0 Å². The Morgan fingerprint density at radius 2 is 2.11 bits per heavy atom. The van der Waals surface area contributed by atoms with Crippen molar-refractivity contribution in [3.05, 3.63) is 29.6 Å². The maximum Gasteiger partial charge on any atom is 0.146 e. The number of aliphatic hydroxyl groups is 1. The van der Waals surface area contributed by atoms with Gasteiger partial charge in [0.2, 0.25) is 0 Å². The molecule has 4 heteroatoms. The lowest BCUT2D eigenvalue weighted by Crippen LogP contribution is -2.29. The van der Waals surface area contributed by atoms with E-state index in [0.29, 0.717) is 18.7 Å². The van der Waals surface area contributed by atoms with E-state index in [-0.39, 0.29) is 18.5 Å². The molecule has 0 radical (unpaired) electrons. The number of para-hydroxylation sites is 1. The second-order valence-corrected chi connectivity index (χ2v) is 4.61. The molecule has 0 bridgehead atoms. The highest BCUT2D eigenvalue weighted by molar-refractivity contribution is 5.56. The highest BCUT2D eigenvalue weighted by atomic mass is 19.1. The van der Waals surface area contributed by atoms with Crippen molar-refractivity contribution in [1.82, 2.24) is 5.32 Å². The van der Waals surface area contributed by atoms with Gasteiger partial charge in [0.25, 0.3) is 0 Å². The largest absolute Gasteiger partial charge is 0.396 e. The van der Waals surface area contributed by atoms with E-state index in [1.165, 1.54) is 6.07 Å². The van der Waals surface area contributed by atoms with Crippen molar-refractivity contribution in [2.24, 2.45) is 0 Å². The van der Waals surface area contributed by atoms with Gasteiger partial charge >= 0.3 is 0 Å². The van der Waals surface area contributed by atoms with E-state index in [9.17, 15) is 4.39 Å². The Kier molecular flexibility index (Phi) is 6.81. The third-order valence-electron chi connectivity index (χ3n) is 3.28. The molecule has 0 aromatic heterocycles. The predicted molar refractivity (Wildman–Crippen MR) is 78.1 cm³/mol. The van der Waals surface area contributed by atoms with Gasteiger partial charge in [-0.3, -0.25) is 0 Å². The summed E-state index contributed by atoms with van der Waals surface area (Å²) in [4.78, 5) is 1.99. The van der Waals surface area contributed by atoms with Gasteiger partial charge in [-0.15, -0.1) is 0 Å². The lowest BCUT2D eigenvalue weighted by atomic mass is 10.0. The van der Waals surface area contributed by atoms with Crippen LogP contribution in [-0.2, 0) is 0 Å². The van der Waals surface area contributed by atoms with Crippen molar-refractivity contribution in [2.45, 2.75) is 33.2 Å². The second-order valence-electron chi connectivity index (χ2n) is 4.61. The highest BCUT2D eigenvalue weighted by Crippen LogP contribution is 2.29. The Labute approximate surface area is 115 Å². The SMILES string of the molecule is CCNC(C)c1cccc(F)c1N(CC)CCCO. The standard InChI is InChI=1S/C15H25FN2O/c1-4-17-12(3)13-8-6-9-14(16)15(13)18(5-2)10-7-11-19/h6,8-9,12,17,19H,4-5,7,10-11H2,1-3H3. The molecule has 1 atom stereocenters. The molecule has 1 aromatic rings. The summed E-state index contributed by atoms with van der Waals surface area (Å²) in [7, 11) is 0. The number of aliphatic hydroxyl groups excluding tert-OH is 1. The van der Waals surface area contributed by atoms with Crippen LogP contribution in [0, 0.1) is 5.82 Å². The fourth-order valence-corrected chi connectivity index (χ4v) is 2.32. The number of anilines is 1. The molecule has 108 valence electrons. The third kappa shape index (κ3) is 4.18. The zero-order chi connectivity index (χ0) is 14.3. The molecular weight excluding hydrogens is 243 g/mol. The smallest absolute Gasteiger partial charge is 0.146 e. The summed E-state index contributed by atoms with van der Waals surface area (Å²) in [6, 6.07) is 5.33. The monoisotopic (exact) mass is 268 g/mol. The van der Waals surface area contributed by atoms with Crippen LogP contribution in [0.2, 0.25) is 0 Å². The number of halogens is 1. The summed E-state index contributed by atoms with van der Waals surface area (Å²) < 4.78 is 14.2. The zero-order valence-electron chi connectivity index (χ0n) is 12.1. The van der Waals surface area contributed by atoms with E-state index in [1.807, 2.05) is 31.7 Å². The Morgan fingerprint density at radius 3 is 2.68 bits per heavy atom. The first-order valence-electron chi connectivity index (χ1n) is 7.03. The van der Waals surface area contributed by atoms with E-state index in [1.54, 1.807) is 6.07 Å². The molecule has 0 aliphatic heterocycles.